The maximum absolute atomic E-state index is 13.6. The third kappa shape index (κ3) is 3.59. The van der Waals surface area contributed by atoms with E-state index in [1.807, 2.05) is 29.5 Å². The average molecular weight is 504 g/mol. The number of carbonyl (C=O) groups excluding carboxylic acids is 2. The molecule has 2 aliphatic rings. The predicted molar refractivity (Wildman–Crippen MR) is 139 cm³/mol. The van der Waals surface area contributed by atoms with Gasteiger partial charge in [-0.25, -0.2) is 4.98 Å². The van der Waals surface area contributed by atoms with Gasteiger partial charge >= 0.3 is 0 Å². The molecule has 3 heterocycles. The summed E-state index contributed by atoms with van der Waals surface area (Å²) in [6, 6.07) is 9.31. The third-order valence-electron chi connectivity index (χ3n) is 7.76. The number of amides is 2. The van der Waals surface area contributed by atoms with Crippen LogP contribution in [-0.2, 0) is 11.2 Å². The molecule has 8 nitrogen and oxygen atoms in total. The third-order valence-corrected chi connectivity index (χ3v) is 8.00. The zero-order valence-corrected chi connectivity index (χ0v) is 20.6. The number of nitrogens with two attached hydrogens (primary N) is 1. The molecular formula is C27H26ClN5O3. The van der Waals surface area contributed by atoms with Gasteiger partial charge < -0.3 is 15.6 Å². The molecule has 1 saturated carbocycles. The van der Waals surface area contributed by atoms with E-state index in [4.69, 9.17) is 17.3 Å². The summed E-state index contributed by atoms with van der Waals surface area (Å²) in [5, 5.41) is 0.658. The number of nitrogens with zero attached hydrogens (tertiary/aromatic N) is 3. The number of carbonyl (C=O) groups is 2. The number of nitrogens with one attached hydrogen (secondary N) is 1. The monoisotopic (exact) mass is 503 g/mol. The minimum absolute atomic E-state index is 0.102. The number of aryl methyl sites for hydroxylation is 1. The Hall–Kier alpha value is -3.65. The minimum Gasteiger partial charge on any atom is -0.369 e. The lowest BCUT2D eigenvalue weighted by Gasteiger charge is -2.26. The molecule has 0 saturated heterocycles. The number of hydrogen-bond donors (Lipinski definition) is 2. The fourth-order valence-electron chi connectivity index (χ4n) is 5.82. The molecule has 1 aliphatic heterocycles. The van der Waals surface area contributed by atoms with E-state index in [0.29, 0.717) is 28.2 Å². The molecule has 2 amide bonds. The zero-order valence-electron chi connectivity index (χ0n) is 19.9. The summed E-state index contributed by atoms with van der Waals surface area (Å²) in [6.07, 6.45) is 5.37. The van der Waals surface area contributed by atoms with Crippen LogP contribution in [0.3, 0.4) is 0 Å². The molecule has 36 heavy (non-hydrogen) atoms. The number of fused-ring (bicyclic) bond motifs is 4. The van der Waals surface area contributed by atoms with Crippen molar-refractivity contribution in [3.05, 3.63) is 74.4 Å². The van der Waals surface area contributed by atoms with E-state index in [-0.39, 0.29) is 29.2 Å². The van der Waals surface area contributed by atoms with Gasteiger partial charge in [-0.05, 0) is 80.5 Å². The summed E-state index contributed by atoms with van der Waals surface area (Å²) < 4.78 is 1.91. The van der Waals surface area contributed by atoms with Gasteiger partial charge in [-0.3, -0.25) is 18.8 Å². The predicted octanol–water partition coefficient (Wildman–Crippen LogP) is 4.10. The van der Waals surface area contributed by atoms with Crippen LogP contribution < -0.4 is 16.2 Å². The van der Waals surface area contributed by atoms with Crippen LogP contribution in [0.4, 0.5) is 5.69 Å². The molecule has 0 atom stereocenters. The lowest BCUT2D eigenvalue weighted by atomic mass is 9.81. The molecule has 9 heteroatoms. The maximum Gasteiger partial charge on any atom is 0.274 e. The fraction of sp³-hybridized carbons (Fsp3) is 0.333. The van der Waals surface area contributed by atoms with Crippen molar-refractivity contribution >= 4 is 45.7 Å². The highest BCUT2D eigenvalue weighted by atomic mass is 35.5. The first-order valence-electron chi connectivity index (χ1n) is 12.3. The van der Waals surface area contributed by atoms with Gasteiger partial charge in [0.25, 0.3) is 11.5 Å². The Morgan fingerprint density at radius 3 is 2.64 bits per heavy atom. The maximum atomic E-state index is 13.6. The molecule has 2 aromatic carbocycles. The summed E-state index contributed by atoms with van der Waals surface area (Å²) in [4.78, 5) is 47.5. The molecule has 3 N–H and O–H groups in total. The van der Waals surface area contributed by atoms with Crippen LogP contribution in [0.15, 0.2) is 41.3 Å². The van der Waals surface area contributed by atoms with Crippen LogP contribution in [-0.4, -0.2) is 32.7 Å². The van der Waals surface area contributed by atoms with Crippen LogP contribution in [0.1, 0.15) is 58.9 Å². The molecule has 4 aromatic rings. The molecule has 2 aromatic heterocycles. The van der Waals surface area contributed by atoms with Gasteiger partial charge in [0.05, 0.1) is 17.2 Å². The van der Waals surface area contributed by atoms with Gasteiger partial charge in [-0.15, -0.1) is 0 Å². The van der Waals surface area contributed by atoms with Crippen molar-refractivity contribution < 1.29 is 9.59 Å². The molecule has 0 spiro atoms. The number of halogens is 1. The molecule has 1 aliphatic carbocycles. The number of H-pyrrole nitrogens is 1. The van der Waals surface area contributed by atoms with E-state index in [1.54, 1.807) is 23.2 Å². The molecule has 0 radical (unpaired) electrons. The van der Waals surface area contributed by atoms with Crippen molar-refractivity contribution in [1.29, 1.82) is 0 Å². The number of aromatic nitrogens is 3. The molecule has 184 valence electrons. The summed E-state index contributed by atoms with van der Waals surface area (Å²) in [7, 11) is 0. The quantitative estimate of drug-likeness (QED) is 0.438. The highest BCUT2D eigenvalue weighted by Gasteiger charge is 2.30. The van der Waals surface area contributed by atoms with Gasteiger partial charge in [0, 0.05) is 34.7 Å². The Bertz CT molecular complexity index is 1610. The fourth-order valence-corrected chi connectivity index (χ4v) is 6.02. The summed E-state index contributed by atoms with van der Waals surface area (Å²) in [5.74, 6) is 0.484. The molecule has 6 rings (SSSR count). The van der Waals surface area contributed by atoms with E-state index in [0.717, 1.165) is 60.3 Å². The number of rotatable bonds is 3. The summed E-state index contributed by atoms with van der Waals surface area (Å²) in [5.41, 5.74) is 10.4. The number of hydrogen-bond acceptors (Lipinski definition) is 4. The second-order valence-corrected chi connectivity index (χ2v) is 10.3. The van der Waals surface area contributed by atoms with Crippen LogP contribution in [0.5, 0.6) is 0 Å². The Morgan fingerprint density at radius 1 is 1.11 bits per heavy atom. The van der Waals surface area contributed by atoms with E-state index >= 15 is 0 Å². The van der Waals surface area contributed by atoms with Crippen molar-refractivity contribution in [2.75, 3.05) is 11.4 Å². The Morgan fingerprint density at radius 2 is 1.89 bits per heavy atom. The molecular weight excluding hydrogens is 478 g/mol. The van der Waals surface area contributed by atoms with Gasteiger partial charge in [-0.2, -0.15) is 0 Å². The van der Waals surface area contributed by atoms with Gasteiger partial charge in [0.1, 0.15) is 11.3 Å². The first kappa shape index (κ1) is 22.8. The van der Waals surface area contributed by atoms with Crippen molar-refractivity contribution in [1.82, 2.24) is 14.4 Å². The summed E-state index contributed by atoms with van der Waals surface area (Å²) >= 11 is 6.14. The second kappa shape index (κ2) is 8.48. The lowest BCUT2D eigenvalue weighted by Crippen LogP contribution is -2.29. The Balaban J connectivity index is 1.42. The van der Waals surface area contributed by atoms with Crippen LogP contribution in [0, 0.1) is 12.8 Å². The van der Waals surface area contributed by atoms with Crippen molar-refractivity contribution in [3.63, 3.8) is 0 Å². The van der Waals surface area contributed by atoms with Crippen LogP contribution in [0.25, 0.3) is 16.6 Å². The molecule has 0 unspecified atom stereocenters. The second-order valence-electron chi connectivity index (χ2n) is 9.91. The SMILES string of the molecule is Cc1cc2c(cc1C(=O)N1CCc3cc(Cl)ccc31)[nH]c(=O)c1cnc([C@H]3CC[C@H](C(N)=O)CC3)n12. The number of anilines is 1. The van der Waals surface area contributed by atoms with Crippen molar-refractivity contribution in [3.8, 4) is 0 Å². The number of imidazole rings is 1. The van der Waals surface area contributed by atoms with E-state index in [9.17, 15) is 14.4 Å². The topological polar surface area (TPSA) is 114 Å². The Kier molecular flexibility index (Phi) is 5.37. The van der Waals surface area contributed by atoms with E-state index in [2.05, 4.69) is 9.97 Å². The van der Waals surface area contributed by atoms with Gasteiger partial charge in [-0.1, -0.05) is 11.6 Å². The standard InChI is InChI=1S/C27H26ClN5O3/c1-14-10-22-20(12-19(14)27(36)32-9-8-17-11-18(28)6-7-21(17)32)31-26(35)23-13-30-25(33(22)23)16-4-2-15(3-5-16)24(29)34/h6-7,10-13,15-16H,2-5,8-9H2,1H3,(H2,29,34)(H,31,35)/t15-,16-. The number of primary amides is 1. The van der Waals surface area contributed by atoms with Crippen LogP contribution >= 0.6 is 11.6 Å². The molecule has 0 bridgehead atoms. The van der Waals surface area contributed by atoms with Gasteiger partial charge in [0.2, 0.25) is 5.91 Å². The van der Waals surface area contributed by atoms with Crippen LogP contribution in [0.2, 0.25) is 5.02 Å². The zero-order chi connectivity index (χ0) is 25.1. The number of aromatic amines is 1. The average Bonchev–Trinajstić information content (AvgIpc) is 3.49. The van der Waals surface area contributed by atoms with Gasteiger partial charge in [0.15, 0.2) is 0 Å². The van der Waals surface area contributed by atoms with Crippen molar-refractivity contribution in [2.45, 2.75) is 44.9 Å². The highest BCUT2D eigenvalue weighted by Crippen LogP contribution is 2.36. The first-order valence-corrected chi connectivity index (χ1v) is 12.6. The van der Waals surface area contributed by atoms with E-state index < -0.39 is 0 Å². The smallest absolute Gasteiger partial charge is 0.274 e. The normalized spacial score (nSPS) is 19.7. The molecule has 1 fully saturated rings. The minimum atomic E-state index is -0.254. The Labute approximate surface area is 212 Å². The first-order chi connectivity index (χ1) is 17.3. The highest BCUT2D eigenvalue weighted by molar-refractivity contribution is 6.30. The lowest BCUT2D eigenvalue weighted by molar-refractivity contribution is -0.122. The van der Waals surface area contributed by atoms with E-state index in [1.165, 1.54) is 0 Å². The van der Waals surface area contributed by atoms with Crippen molar-refractivity contribution in [2.24, 2.45) is 11.7 Å². The summed E-state index contributed by atoms with van der Waals surface area (Å²) in [6.45, 7) is 2.50. The number of benzene rings is 2. The largest absolute Gasteiger partial charge is 0.369 e.